The number of nitrogens with zero attached hydrogens (tertiary/aromatic N) is 4. The zero-order chi connectivity index (χ0) is 19.5. The van der Waals surface area contributed by atoms with E-state index in [1.165, 1.54) is 0 Å². The number of benzene rings is 2. The smallest absolute Gasteiger partial charge is 0.288 e. The van der Waals surface area contributed by atoms with Gasteiger partial charge in [0.25, 0.3) is 4.84 Å². The van der Waals surface area contributed by atoms with E-state index in [4.69, 9.17) is 16.6 Å². The number of carbonyl (C=O) groups is 1. The molecule has 1 aliphatic heterocycles. The highest BCUT2D eigenvalue weighted by Crippen LogP contribution is 2.19. The van der Waals surface area contributed by atoms with Crippen LogP contribution >= 0.6 is 12.2 Å². The molecule has 28 heavy (non-hydrogen) atoms. The molecule has 4 rings (SSSR count). The van der Waals surface area contributed by atoms with Crippen LogP contribution in [0.5, 0.6) is 0 Å². The van der Waals surface area contributed by atoms with Crippen molar-refractivity contribution in [1.82, 2.24) is 14.7 Å². The second-order valence-corrected chi connectivity index (χ2v) is 7.24. The molecule has 0 radical (unpaired) electrons. The fourth-order valence-corrected chi connectivity index (χ4v) is 3.51. The zero-order valence-corrected chi connectivity index (χ0v) is 16.6. The minimum Gasteiger partial charge on any atom is -0.409 e. The number of aromatic nitrogens is 2. The first-order valence-electron chi connectivity index (χ1n) is 9.32. The van der Waals surface area contributed by atoms with E-state index < -0.39 is 0 Å². The Kier molecular flexibility index (Phi) is 5.36. The summed E-state index contributed by atoms with van der Waals surface area (Å²) in [7, 11) is 0. The maximum atomic E-state index is 11.4. The molecule has 0 atom stereocenters. The van der Waals surface area contributed by atoms with Crippen LogP contribution in [0.15, 0.2) is 59.0 Å². The lowest BCUT2D eigenvalue weighted by atomic mass is 10.1. The number of anilines is 1. The molecule has 2 aromatic carbocycles. The van der Waals surface area contributed by atoms with Crippen molar-refractivity contribution >= 4 is 23.7 Å². The first kappa shape index (κ1) is 18.6. The third kappa shape index (κ3) is 4.05. The maximum Gasteiger partial charge on any atom is 0.288 e. The molecule has 1 aliphatic rings. The van der Waals surface area contributed by atoms with Crippen molar-refractivity contribution in [2.45, 2.75) is 13.6 Å². The van der Waals surface area contributed by atoms with E-state index in [0.29, 0.717) is 17.4 Å². The number of carbonyl (C=O) groups excluding carboxylic acids is 1. The second-order valence-electron chi connectivity index (χ2n) is 6.89. The number of rotatable bonds is 5. The van der Waals surface area contributed by atoms with Crippen molar-refractivity contribution in [3.05, 3.63) is 65.0 Å². The van der Waals surface area contributed by atoms with E-state index in [9.17, 15) is 4.79 Å². The highest BCUT2D eigenvalue weighted by Gasteiger charge is 2.19. The largest absolute Gasteiger partial charge is 0.409 e. The van der Waals surface area contributed by atoms with E-state index in [1.807, 2.05) is 54.6 Å². The molecule has 0 bridgehead atoms. The zero-order valence-electron chi connectivity index (χ0n) is 15.7. The third-order valence-corrected chi connectivity index (χ3v) is 5.27. The molecule has 0 N–H and O–H groups in total. The summed E-state index contributed by atoms with van der Waals surface area (Å²) < 4.78 is 7.41. The predicted octanol–water partition coefficient (Wildman–Crippen LogP) is 3.85. The Bertz CT molecular complexity index is 1000. The summed E-state index contributed by atoms with van der Waals surface area (Å²) in [6, 6.07) is 17.6. The summed E-state index contributed by atoms with van der Waals surface area (Å²) in [5.74, 6) is 0.644. The molecule has 144 valence electrons. The fourth-order valence-electron chi connectivity index (χ4n) is 3.34. The standard InChI is InChI=1S/C21H22N4O2S/c1-16(26)17-7-9-19(10-8-17)24-13-11-23(12-14-24)15-25-21(28)27-20(22-25)18-5-3-2-4-6-18/h2-10H,11-15H2,1H3. The van der Waals surface area contributed by atoms with Gasteiger partial charge in [-0.3, -0.25) is 9.69 Å². The van der Waals surface area contributed by atoms with Crippen molar-refractivity contribution in [2.75, 3.05) is 31.1 Å². The van der Waals surface area contributed by atoms with Crippen molar-refractivity contribution in [3.63, 3.8) is 0 Å². The van der Waals surface area contributed by atoms with E-state index in [-0.39, 0.29) is 5.78 Å². The van der Waals surface area contributed by atoms with Gasteiger partial charge in [0.2, 0.25) is 5.89 Å². The van der Waals surface area contributed by atoms with Gasteiger partial charge in [-0.05, 0) is 55.5 Å². The van der Waals surface area contributed by atoms with E-state index in [0.717, 1.165) is 43.0 Å². The average molecular weight is 395 g/mol. The van der Waals surface area contributed by atoms with Crippen LogP contribution in [0, 0.1) is 4.84 Å². The van der Waals surface area contributed by atoms with Crippen LogP contribution in [0.25, 0.3) is 11.5 Å². The van der Waals surface area contributed by atoms with E-state index in [2.05, 4.69) is 14.9 Å². The maximum absolute atomic E-state index is 11.4. The molecular formula is C21H22N4O2S. The van der Waals surface area contributed by atoms with Crippen molar-refractivity contribution < 1.29 is 9.21 Å². The molecule has 0 unspecified atom stereocenters. The molecule has 0 spiro atoms. The fraction of sp³-hybridized carbons (Fsp3) is 0.286. The summed E-state index contributed by atoms with van der Waals surface area (Å²) in [4.78, 5) is 16.5. The Morgan fingerprint density at radius 2 is 1.71 bits per heavy atom. The molecule has 1 saturated heterocycles. The van der Waals surface area contributed by atoms with Gasteiger partial charge in [0, 0.05) is 43.0 Å². The Balaban J connectivity index is 1.38. The number of hydrogen-bond acceptors (Lipinski definition) is 6. The monoisotopic (exact) mass is 394 g/mol. The first-order valence-corrected chi connectivity index (χ1v) is 9.72. The van der Waals surface area contributed by atoms with Gasteiger partial charge < -0.3 is 9.32 Å². The van der Waals surface area contributed by atoms with Crippen molar-refractivity contribution in [1.29, 1.82) is 0 Å². The Morgan fingerprint density at radius 1 is 1.04 bits per heavy atom. The number of piperazine rings is 1. The summed E-state index contributed by atoms with van der Waals surface area (Å²) in [5, 5.41) is 4.54. The van der Waals surface area contributed by atoms with Gasteiger partial charge in [0.15, 0.2) is 5.78 Å². The van der Waals surface area contributed by atoms with Crippen LogP contribution in [0.4, 0.5) is 5.69 Å². The van der Waals surface area contributed by atoms with Crippen LogP contribution < -0.4 is 4.90 Å². The molecule has 3 aromatic rings. The average Bonchev–Trinajstić information content (AvgIpc) is 3.10. The quantitative estimate of drug-likeness (QED) is 0.484. The molecule has 0 amide bonds. The Hall–Kier alpha value is -2.77. The number of hydrogen-bond donors (Lipinski definition) is 0. The molecular weight excluding hydrogens is 372 g/mol. The van der Waals surface area contributed by atoms with Gasteiger partial charge in [0.05, 0.1) is 6.67 Å². The summed E-state index contributed by atoms with van der Waals surface area (Å²) in [6.07, 6.45) is 0. The minimum atomic E-state index is 0.0931. The van der Waals surface area contributed by atoms with Crippen molar-refractivity contribution in [3.8, 4) is 11.5 Å². The van der Waals surface area contributed by atoms with Gasteiger partial charge in [-0.25, -0.2) is 4.68 Å². The van der Waals surface area contributed by atoms with Crippen LogP contribution in [0.2, 0.25) is 0 Å². The number of Topliss-reactive ketones (excluding diaryl/α,β-unsaturated/α-hetero) is 1. The Morgan fingerprint density at radius 3 is 2.36 bits per heavy atom. The highest BCUT2D eigenvalue weighted by molar-refractivity contribution is 7.71. The van der Waals surface area contributed by atoms with Crippen LogP contribution in [-0.4, -0.2) is 46.6 Å². The molecule has 1 aromatic heterocycles. The summed E-state index contributed by atoms with van der Waals surface area (Å²) in [5.41, 5.74) is 2.82. The number of ketones is 1. The van der Waals surface area contributed by atoms with E-state index >= 15 is 0 Å². The SMILES string of the molecule is CC(=O)c1ccc(N2CCN(Cn3nc(-c4ccccc4)oc3=S)CC2)cc1. The normalized spacial score (nSPS) is 15.0. The Labute approximate surface area is 169 Å². The molecule has 7 heteroatoms. The molecule has 2 heterocycles. The predicted molar refractivity (Wildman–Crippen MR) is 111 cm³/mol. The first-order chi connectivity index (χ1) is 13.6. The molecule has 6 nitrogen and oxygen atoms in total. The molecule has 0 aliphatic carbocycles. The van der Waals surface area contributed by atoms with Crippen LogP contribution in [0.1, 0.15) is 17.3 Å². The topological polar surface area (TPSA) is 54.5 Å². The van der Waals surface area contributed by atoms with E-state index in [1.54, 1.807) is 11.6 Å². The minimum absolute atomic E-state index is 0.0931. The lowest BCUT2D eigenvalue weighted by molar-refractivity contribution is 0.101. The summed E-state index contributed by atoms with van der Waals surface area (Å²) in [6.45, 7) is 5.85. The molecule has 1 fully saturated rings. The highest BCUT2D eigenvalue weighted by atomic mass is 32.1. The van der Waals surface area contributed by atoms with Crippen molar-refractivity contribution in [2.24, 2.45) is 0 Å². The van der Waals surface area contributed by atoms with Crippen LogP contribution in [0.3, 0.4) is 0 Å². The lowest BCUT2D eigenvalue weighted by Crippen LogP contribution is -2.46. The molecule has 0 saturated carbocycles. The van der Waals surface area contributed by atoms with Gasteiger partial charge in [0.1, 0.15) is 0 Å². The third-order valence-electron chi connectivity index (χ3n) is 4.97. The van der Waals surface area contributed by atoms with Gasteiger partial charge in [-0.1, -0.05) is 18.2 Å². The van der Waals surface area contributed by atoms with Crippen LogP contribution in [-0.2, 0) is 6.67 Å². The second kappa shape index (κ2) is 8.08. The lowest BCUT2D eigenvalue weighted by Gasteiger charge is -2.35. The summed E-state index contributed by atoms with van der Waals surface area (Å²) >= 11 is 5.34. The van der Waals surface area contributed by atoms with Gasteiger partial charge >= 0.3 is 0 Å². The van der Waals surface area contributed by atoms with Gasteiger partial charge in [-0.2, -0.15) is 0 Å². The van der Waals surface area contributed by atoms with Gasteiger partial charge in [-0.15, -0.1) is 5.10 Å².